The van der Waals surface area contributed by atoms with E-state index in [0.29, 0.717) is 90.7 Å². The number of aliphatic hydroxyl groups excluding tert-OH is 1. The predicted octanol–water partition coefficient (Wildman–Crippen LogP) is 13.5. The summed E-state index contributed by atoms with van der Waals surface area (Å²) in [6.07, 6.45) is 16.2. The van der Waals surface area contributed by atoms with E-state index >= 15 is 0 Å². The Hall–Kier alpha value is -6.61. The number of β-amino-alcohol motifs (C(OH)–C–C–N with tert-alkyl or cyclic N) is 1. The lowest BCUT2D eigenvalue weighted by molar-refractivity contribution is -0.136. The molecule has 0 saturated carbocycles. The normalized spacial score (nSPS) is 18.7. The van der Waals surface area contributed by atoms with Crippen LogP contribution in [0.5, 0.6) is 11.8 Å². The summed E-state index contributed by atoms with van der Waals surface area (Å²) in [6.45, 7) is 24.5. The molecule has 0 radical (unpaired) electrons. The lowest BCUT2D eigenvalue weighted by Gasteiger charge is -2.34. The number of phenols is 1. The first kappa shape index (κ1) is 69.5. The smallest absolute Gasteiger partial charge is 0.318 e. The largest absolute Gasteiger partial charge is 0.508 e. The van der Waals surface area contributed by atoms with Gasteiger partial charge in [-0.25, -0.2) is 4.39 Å². The first-order valence-corrected chi connectivity index (χ1v) is 32.5. The molecular formula is C70H97FN7O8P. The van der Waals surface area contributed by atoms with Crippen LogP contribution in [0, 0.1) is 32.5 Å². The number of halogens is 1. The highest BCUT2D eigenvalue weighted by Crippen LogP contribution is 2.39. The van der Waals surface area contributed by atoms with Gasteiger partial charge in [-0.15, -0.1) is 9.24 Å². The average molecular weight is 1210 g/mol. The van der Waals surface area contributed by atoms with Crippen LogP contribution in [0.2, 0.25) is 0 Å². The Morgan fingerprint density at radius 1 is 0.897 bits per heavy atom. The van der Waals surface area contributed by atoms with Gasteiger partial charge in [-0.2, -0.15) is 9.97 Å². The number of aliphatic hydroxyl groups is 1. The average Bonchev–Trinajstić information content (AvgIpc) is 3.01. The Morgan fingerprint density at radius 3 is 2.25 bits per heavy atom. The van der Waals surface area contributed by atoms with E-state index < -0.39 is 12.1 Å². The summed E-state index contributed by atoms with van der Waals surface area (Å²) in [5, 5.41) is 25.9. The molecule has 7 atom stereocenters. The maximum atomic E-state index is 14.7. The Bertz CT molecular complexity index is 3220. The molecular weight excluding hydrogens is 1120 g/mol. The molecule has 17 heteroatoms. The van der Waals surface area contributed by atoms with Crippen molar-refractivity contribution in [2.75, 3.05) is 43.2 Å². The Balaban J connectivity index is 0.000000207. The number of rotatable bonds is 18. The van der Waals surface area contributed by atoms with Gasteiger partial charge in [0, 0.05) is 60.8 Å². The van der Waals surface area contributed by atoms with E-state index in [0.717, 1.165) is 71.6 Å². The van der Waals surface area contributed by atoms with Crippen molar-refractivity contribution in [3.63, 3.8) is 0 Å². The number of imide groups is 1. The lowest BCUT2D eigenvalue weighted by atomic mass is 9.86. The first-order valence-electron chi connectivity index (χ1n) is 31.9. The molecule has 4 aliphatic rings. The molecule has 4 aliphatic heterocycles. The van der Waals surface area contributed by atoms with E-state index in [9.17, 15) is 33.8 Å². The third kappa shape index (κ3) is 18.3. The van der Waals surface area contributed by atoms with Crippen LogP contribution >= 0.6 is 9.24 Å². The fraction of sp³-hybridized carbons (Fsp3) is 0.529. The molecule has 7 unspecified atom stereocenters. The van der Waals surface area contributed by atoms with Crippen molar-refractivity contribution in [3.05, 3.63) is 107 Å². The van der Waals surface area contributed by atoms with Gasteiger partial charge in [0.2, 0.25) is 17.7 Å². The molecule has 3 N–H and O–H groups in total. The monoisotopic (exact) mass is 1210 g/mol. The number of aromatic hydroxyl groups is 1. The standard InChI is InChI=1S/C26H40N2O3.C25H26FN4O3P.C9H15NO2.C8H10.C2H6/c1-6-9-20(12-11-18(4)8-3)21-13-14-22(19(5)17-21)28(25(30)10-7-2)23-15-16-24(29)27-26(23)31;1-3-16-19(26)7-6-13-9-15(32)10-17(20(13)16)21-23(34)22-18(11-27-21)24(29-25(28-22)33-2)30-8-4-5-14(31)12-30;11-7-12-6-9-4-3-8-2-1-5-10(8)9;1-7-3-5-8(2)6-4-7;1-2/h13-14,17-18,20,23H,6-12,15-16H2,1-5H3,(H,27,29,31);6-7,9-11,14,31-32H,3-5,8,12,34H2,1-2H3;7-9H,1-6H2;3-6H,1-2H3;1-2H3. The second kappa shape index (κ2) is 34.2. The molecule has 15 nitrogen and oxygen atoms in total. The summed E-state index contributed by atoms with van der Waals surface area (Å²) in [5.74, 6) is 0.992. The van der Waals surface area contributed by atoms with Gasteiger partial charge in [-0.05, 0) is 162 Å². The van der Waals surface area contributed by atoms with Crippen LogP contribution < -0.4 is 25.2 Å². The Morgan fingerprint density at radius 2 is 1.62 bits per heavy atom. The number of nitrogens with one attached hydrogen (secondary N) is 1. The number of carbonyl (C=O) groups excluding carboxylic acids is 4. The van der Waals surface area contributed by atoms with Crippen molar-refractivity contribution in [3.8, 4) is 23.0 Å². The Labute approximate surface area is 518 Å². The van der Waals surface area contributed by atoms with Crippen LogP contribution in [0.15, 0.2) is 72.9 Å². The van der Waals surface area contributed by atoms with Crippen LogP contribution in [0.4, 0.5) is 15.9 Å². The molecule has 4 saturated heterocycles. The first-order chi connectivity index (χ1) is 41.9. The van der Waals surface area contributed by atoms with Gasteiger partial charge >= 0.3 is 6.01 Å². The van der Waals surface area contributed by atoms with E-state index in [1.54, 1.807) is 29.3 Å². The number of pyridine rings is 1. The molecule has 4 fully saturated rings. The van der Waals surface area contributed by atoms with Crippen molar-refractivity contribution in [2.45, 2.75) is 202 Å². The highest BCUT2D eigenvalue weighted by molar-refractivity contribution is 7.28. The molecule has 6 aromatic rings. The number of amides is 3. The van der Waals surface area contributed by atoms with Gasteiger partial charge < -0.3 is 24.6 Å². The van der Waals surface area contributed by atoms with Gasteiger partial charge in [0.05, 0.1) is 29.8 Å². The fourth-order valence-corrected chi connectivity index (χ4v) is 12.9. The quantitative estimate of drug-likeness (QED) is 0.0419. The zero-order chi connectivity index (χ0) is 63.3. The highest BCUT2D eigenvalue weighted by atomic mass is 31.0. The fourth-order valence-electron chi connectivity index (χ4n) is 12.4. The SMILES string of the molecule is CC.CCCC(=O)N(c1ccc(C(CCC)CCC(C)CC)cc1C)C1CCC(=O)NC1=O.CCc1c(F)ccc2cc(O)cc(-c3ncc4c(N5CCCC(O)C5)nc(OC)nc4c3P)c12.Cc1ccc(C)cc1.O=COCC1CCC2CCCN21. The molecule has 10 rings (SSSR count). The summed E-state index contributed by atoms with van der Waals surface area (Å²) in [6, 6.07) is 22.1. The number of ether oxygens (including phenoxy) is 2. The van der Waals surface area contributed by atoms with Crippen LogP contribution in [0.1, 0.15) is 179 Å². The number of fused-ring (bicyclic) bond motifs is 3. The van der Waals surface area contributed by atoms with Crippen LogP contribution in [-0.4, -0.2) is 112 Å². The summed E-state index contributed by atoms with van der Waals surface area (Å²) >= 11 is 0. The summed E-state index contributed by atoms with van der Waals surface area (Å²) in [4.78, 5) is 67.3. The molecule has 472 valence electrons. The number of benzene rings is 4. The summed E-state index contributed by atoms with van der Waals surface area (Å²) < 4.78 is 24.9. The second-order valence-corrected chi connectivity index (χ2v) is 24.1. The predicted molar refractivity (Wildman–Crippen MR) is 353 cm³/mol. The van der Waals surface area contributed by atoms with E-state index in [1.165, 1.54) is 81.4 Å². The highest BCUT2D eigenvalue weighted by Gasteiger charge is 2.38. The lowest BCUT2D eigenvalue weighted by Crippen LogP contribution is -2.54. The van der Waals surface area contributed by atoms with Crippen molar-refractivity contribution in [1.82, 2.24) is 25.2 Å². The third-order valence-corrected chi connectivity index (χ3v) is 17.8. The minimum Gasteiger partial charge on any atom is -0.508 e. The van der Waals surface area contributed by atoms with Gasteiger partial charge in [-0.3, -0.25) is 39.3 Å². The maximum Gasteiger partial charge on any atom is 0.318 e. The van der Waals surface area contributed by atoms with Gasteiger partial charge in [-0.1, -0.05) is 121 Å². The maximum absolute atomic E-state index is 14.7. The molecule has 0 spiro atoms. The van der Waals surface area contributed by atoms with E-state index in [1.807, 2.05) is 45.6 Å². The number of piperidine rings is 2. The number of aromatic nitrogens is 3. The van der Waals surface area contributed by atoms with Gasteiger partial charge in [0.1, 0.15) is 30.0 Å². The van der Waals surface area contributed by atoms with Gasteiger partial charge in [0.15, 0.2) is 0 Å². The summed E-state index contributed by atoms with van der Waals surface area (Å²) in [5.41, 5.74) is 8.17. The molecule has 2 aromatic heterocycles. The van der Waals surface area contributed by atoms with E-state index in [-0.39, 0.29) is 41.7 Å². The zero-order valence-electron chi connectivity index (χ0n) is 53.6. The Kier molecular flexibility index (Phi) is 27.3. The number of carbonyl (C=O) groups is 4. The van der Waals surface area contributed by atoms with Crippen LogP contribution in [-0.2, 0) is 30.3 Å². The minimum atomic E-state index is -0.627. The summed E-state index contributed by atoms with van der Waals surface area (Å²) in [7, 11) is 4.21. The molecule has 87 heavy (non-hydrogen) atoms. The third-order valence-electron chi connectivity index (χ3n) is 17.2. The second-order valence-electron chi connectivity index (χ2n) is 23.5. The van der Waals surface area contributed by atoms with Crippen molar-refractivity contribution < 1.29 is 43.3 Å². The van der Waals surface area contributed by atoms with E-state index in [4.69, 9.17) is 14.5 Å². The zero-order valence-corrected chi connectivity index (χ0v) is 54.7. The minimum absolute atomic E-state index is 0.0604. The number of hydrogen-bond acceptors (Lipinski definition) is 13. The van der Waals surface area contributed by atoms with Crippen LogP contribution in [0.3, 0.4) is 0 Å². The van der Waals surface area contributed by atoms with Crippen molar-refractivity contribution >= 4 is 71.9 Å². The molecule has 0 aliphatic carbocycles. The molecule has 3 amide bonds. The topological polar surface area (TPSA) is 188 Å². The number of nitrogens with zero attached hydrogens (tertiary/aromatic N) is 6. The molecule has 6 heterocycles. The number of methoxy groups -OCH3 is 1. The van der Waals surface area contributed by atoms with Crippen molar-refractivity contribution in [2.24, 2.45) is 5.92 Å². The molecule has 0 bridgehead atoms. The molecule has 4 aromatic carbocycles. The number of anilines is 2. The van der Waals surface area contributed by atoms with E-state index in [2.05, 4.69) is 100 Å². The van der Waals surface area contributed by atoms with Gasteiger partial charge in [0.25, 0.3) is 6.47 Å². The number of hydrogen-bond donors (Lipinski definition) is 3. The van der Waals surface area contributed by atoms with Crippen LogP contribution in [0.25, 0.3) is 32.9 Å². The number of phenolic OH excluding ortho intramolecular Hbond substituents is 1. The van der Waals surface area contributed by atoms with Crippen molar-refractivity contribution in [1.29, 1.82) is 0 Å². The number of aryl methyl sites for hydroxylation is 4.